The summed E-state index contributed by atoms with van der Waals surface area (Å²) in [7, 11) is 0. The Labute approximate surface area is 172 Å². The zero-order valence-electron chi connectivity index (χ0n) is 14.8. The third kappa shape index (κ3) is 6.04. The third-order valence-electron chi connectivity index (χ3n) is 3.65. The molecule has 0 heterocycles. The molecule has 5 nitrogen and oxygen atoms in total. The lowest BCUT2D eigenvalue weighted by atomic mass is 10.3. The number of urea groups is 1. The van der Waals surface area contributed by atoms with Crippen LogP contribution in [0.4, 0.5) is 21.9 Å². The van der Waals surface area contributed by atoms with Crippen LogP contribution in [0.25, 0.3) is 0 Å². The van der Waals surface area contributed by atoms with E-state index in [1.54, 1.807) is 42.5 Å². The maximum atomic E-state index is 12.1. The lowest BCUT2D eigenvalue weighted by Gasteiger charge is -2.09. The van der Waals surface area contributed by atoms with Crippen LogP contribution >= 0.6 is 23.4 Å². The van der Waals surface area contributed by atoms with Gasteiger partial charge in [-0.05, 0) is 48.5 Å². The fourth-order valence-corrected chi connectivity index (χ4v) is 3.39. The smallest absolute Gasteiger partial charge is 0.323 e. The van der Waals surface area contributed by atoms with E-state index in [9.17, 15) is 9.59 Å². The number of para-hydroxylation sites is 1. The minimum atomic E-state index is -0.334. The molecule has 0 saturated heterocycles. The van der Waals surface area contributed by atoms with E-state index in [1.165, 1.54) is 11.8 Å². The Hall–Kier alpha value is -2.96. The minimum absolute atomic E-state index is 0.132. The zero-order valence-corrected chi connectivity index (χ0v) is 16.4. The quantitative estimate of drug-likeness (QED) is 0.454. The average molecular weight is 412 g/mol. The molecule has 0 aliphatic carbocycles. The number of hydrogen-bond donors (Lipinski definition) is 3. The van der Waals surface area contributed by atoms with Gasteiger partial charge in [0.25, 0.3) is 0 Å². The van der Waals surface area contributed by atoms with Crippen LogP contribution < -0.4 is 16.0 Å². The predicted octanol–water partition coefficient (Wildman–Crippen LogP) is 5.71. The van der Waals surface area contributed by atoms with Crippen LogP contribution in [0, 0.1) is 0 Å². The highest BCUT2D eigenvalue weighted by molar-refractivity contribution is 8.00. The van der Waals surface area contributed by atoms with E-state index in [0.717, 1.165) is 4.90 Å². The number of nitrogens with one attached hydrogen (secondary N) is 3. The number of benzene rings is 3. The molecule has 0 saturated carbocycles. The summed E-state index contributed by atoms with van der Waals surface area (Å²) in [5.74, 6) is 0.121. The highest BCUT2D eigenvalue weighted by Crippen LogP contribution is 2.26. The Morgan fingerprint density at radius 3 is 1.89 bits per heavy atom. The molecular formula is C21H18ClN3O2S. The van der Waals surface area contributed by atoms with Crippen LogP contribution in [-0.2, 0) is 4.79 Å². The van der Waals surface area contributed by atoms with Gasteiger partial charge in [-0.1, -0.05) is 41.9 Å². The van der Waals surface area contributed by atoms with Crippen LogP contribution in [0.15, 0.2) is 83.8 Å². The zero-order chi connectivity index (χ0) is 19.8. The molecule has 0 aromatic heterocycles. The van der Waals surface area contributed by atoms with Crippen molar-refractivity contribution in [2.45, 2.75) is 4.90 Å². The van der Waals surface area contributed by atoms with Gasteiger partial charge < -0.3 is 16.0 Å². The Morgan fingerprint density at radius 2 is 1.25 bits per heavy atom. The molecule has 7 heteroatoms. The van der Waals surface area contributed by atoms with E-state index in [0.29, 0.717) is 22.1 Å². The molecule has 0 aliphatic heterocycles. The monoisotopic (exact) mass is 411 g/mol. The molecule has 28 heavy (non-hydrogen) atoms. The Bertz CT molecular complexity index is 949. The van der Waals surface area contributed by atoms with E-state index in [4.69, 9.17) is 11.6 Å². The Morgan fingerprint density at radius 1 is 0.714 bits per heavy atom. The molecule has 0 spiro atoms. The van der Waals surface area contributed by atoms with Gasteiger partial charge in [-0.25, -0.2) is 4.79 Å². The van der Waals surface area contributed by atoms with Crippen molar-refractivity contribution in [3.05, 3.63) is 83.9 Å². The summed E-state index contributed by atoms with van der Waals surface area (Å²) in [6.45, 7) is 0. The second-order valence-corrected chi connectivity index (χ2v) is 7.21. The lowest BCUT2D eigenvalue weighted by molar-refractivity contribution is -0.113. The molecule has 3 amide bonds. The van der Waals surface area contributed by atoms with Gasteiger partial charge in [-0.3, -0.25) is 4.79 Å². The van der Waals surface area contributed by atoms with Crippen LogP contribution in [-0.4, -0.2) is 17.7 Å². The van der Waals surface area contributed by atoms with Crippen molar-refractivity contribution in [2.24, 2.45) is 0 Å². The number of carbonyl (C=O) groups excluding carboxylic acids is 2. The number of amides is 3. The van der Waals surface area contributed by atoms with Crippen LogP contribution in [0.1, 0.15) is 0 Å². The fourth-order valence-electron chi connectivity index (χ4n) is 2.35. The van der Waals surface area contributed by atoms with E-state index >= 15 is 0 Å². The fraction of sp³-hybridized carbons (Fsp3) is 0.0476. The number of halogens is 1. The summed E-state index contributed by atoms with van der Waals surface area (Å²) in [6.07, 6.45) is 0. The van der Waals surface area contributed by atoms with Crippen molar-refractivity contribution in [3.8, 4) is 0 Å². The molecule has 142 valence electrons. The minimum Gasteiger partial charge on any atom is -0.325 e. The molecule has 0 atom stereocenters. The van der Waals surface area contributed by atoms with E-state index < -0.39 is 0 Å². The summed E-state index contributed by atoms with van der Waals surface area (Å²) >= 11 is 7.46. The summed E-state index contributed by atoms with van der Waals surface area (Å²) < 4.78 is 0. The van der Waals surface area contributed by atoms with Crippen molar-refractivity contribution in [2.75, 3.05) is 21.7 Å². The largest absolute Gasteiger partial charge is 0.325 e. The van der Waals surface area contributed by atoms with Crippen LogP contribution in [0.3, 0.4) is 0 Å². The van der Waals surface area contributed by atoms with E-state index in [-0.39, 0.29) is 17.7 Å². The van der Waals surface area contributed by atoms with Gasteiger partial charge in [0.1, 0.15) is 0 Å². The van der Waals surface area contributed by atoms with Gasteiger partial charge in [0, 0.05) is 22.0 Å². The highest BCUT2D eigenvalue weighted by atomic mass is 35.5. The Balaban J connectivity index is 1.48. The average Bonchev–Trinajstić information content (AvgIpc) is 2.69. The molecule has 3 rings (SSSR count). The first kappa shape index (κ1) is 19.8. The molecule has 0 unspecified atom stereocenters. The van der Waals surface area contributed by atoms with Gasteiger partial charge >= 0.3 is 6.03 Å². The Kier molecular flexibility index (Phi) is 6.94. The normalized spacial score (nSPS) is 10.2. The van der Waals surface area contributed by atoms with E-state index in [2.05, 4.69) is 16.0 Å². The maximum absolute atomic E-state index is 12.1. The molecule has 3 N–H and O–H groups in total. The molecule has 3 aromatic carbocycles. The number of thioether (sulfide) groups is 1. The first-order valence-electron chi connectivity index (χ1n) is 8.50. The standard InChI is InChI=1S/C21H18ClN3O2S/c22-18-8-4-5-9-19(18)28-14-20(26)23-16-10-12-17(13-11-16)25-21(27)24-15-6-2-1-3-7-15/h1-13H,14H2,(H,23,26)(H2,24,25,27). The van der Waals surface area contributed by atoms with Crippen molar-refractivity contribution in [1.82, 2.24) is 0 Å². The molecular weight excluding hydrogens is 394 g/mol. The summed E-state index contributed by atoms with van der Waals surface area (Å²) in [5.41, 5.74) is 1.98. The van der Waals surface area contributed by atoms with Crippen molar-refractivity contribution >= 4 is 52.4 Å². The van der Waals surface area contributed by atoms with Crippen molar-refractivity contribution in [1.29, 1.82) is 0 Å². The summed E-state index contributed by atoms with van der Waals surface area (Å²) in [6, 6.07) is 23.2. The van der Waals surface area contributed by atoms with Crippen LogP contribution in [0.5, 0.6) is 0 Å². The van der Waals surface area contributed by atoms with Gasteiger partial charge in [0.2, 0.25) is 5.91 Å². The third-order valence-corrected chi connectivity index (χ3v) is 5.17. The first-order valence-corrected chi connectivity index (χ1v) is 9.87. The van der Waals surface area contributed by atoms with E-state index in [1.807, 2.05) is 36.4 Å². The van der Waals surface area contributed by atoms with Gasteiger partial charge in [-0.15, -0.1) is 11.8 Å². The topological polar surface area (TPSA) is 70.2 Å². The van der Waals surface area contributed by atoms with Gasteiger partial charge in [0.05, 0.1) is 10.8 Å². The summed E-state index contributed by atoms with van der Waals surface area (Å²) in [5, 5.41) is 8.93. The number of carbonyl (C=O) groups is 2. The lowest BCUT2D eigenvalue weighted by Crippen LogP contribution is -2.19. The predicted molar refractivity (Wildman–Crippen MR) is 116 cm³/mol. The van der Waals surface area contributed by atoms with Gasteiger partial charge in [0.15, 0.2) is 0 Å². The van der Waals surface area contributed by atoms with Crippen LogP contribution in [0.2, 0.25) is 5.02 Å². The number of anilines is 3. The molecule has 0 fully saturated rings. The molecule has 0 bridgehead atoms. The first-order chi connectivity index (χ1) is 13.6. The molecule has 0 aliphatic rings. The summed E-state index contributed by atoms with van der Waals surface area (Å²) in [4.78, 5) is 25.0. The maximum Gasteiger partial charge on any atom is 0.323 e. The second kappa shape index (κ2) is 9.82. The number of rotatable bonds is 6. The second-order valence-electron chi connectivity index (χ2n) is 5.79. The SMILES string of the molecule is O=C(CSc1ccccc1Cl)Nc1ccc(NC(=O)Nc2ccccc2)cc1. The van der Waals surface area contributed by atoms with Crippen molar-refractivity contribution in [3.63, 3.8) is 0 Å². The van der Waals surface area contributed by atoms with Gasteiger partial charge in [-0.2, -0.15) is 0 Å². The number of hydrogen-bond acceptors (Lipinski definition) is 3. The van der Waals surface area contributed by atoms with Crippen molar-refractivity contribution < 1.29 is 9.59 Å². The molecule has 0 radical (unpaired) electrons. The highest BCUT2D eigenvalue weighted by Gasteiger charge is 2.07. The molecule has 3 aromatic rings.